The van der Waals surface area contributed by atoms with E-state index in [1.165, 1.54) is 39.0 Å². The van der Waals surface area contributed by atoms with E-state index in [0.29, 0.717) is 11.8 Å². The van der Waals surface area contributed by atoms with E-state index in [-0.39, 0.29) is 5.78 Å². The number of benzene rings is 3. The topological polar surface area (TPSA) is 17.1 Å². The molecular formula is C32H30O. The van der Waals surface area contributed by atoms with Crippen LogP contribution in [-0.4, -0.2) is 5.78 Å². The summed E-state index contributed by atoms with van der Waals surface area (Å²) in [7, 11) is 0. The molecule has 0 fully saturated rings. The predicted molar refractivity (Wildman–Crippen MR) is 138 cm³/mol. The molecule has 0 heterocycles. The van der Waals surface area contributed by atoms with Crippen LogP contribution in [0.4, 0.5) is 0 Å². The summed E-state index contributed by atoms with van der Waals surface area (Å²) < 4.78 is 0. The first kappa shape index (κ1) is 21.4. The number of hydrogen-bond donors (Lipinski definition) is 0. The van der Waals surface area contributed by atoms with Gasteiger partial charge >= 0.3 is 0 Å². The molecule has 164 valence electrons. The van der Waals surface area contributed by atoms with Gasteiger partial charge in [0.05, 0.1) is 0 Å². The third-order valence-corrected chi connectivity index (χ3v) is 7.17. The fraction of sp³-hybridized carbons (Fsp3) is 0.219. The van der Waals surface area contributed by atoms with Gasteiger partial charge in [0.15, 0.2) is 5.78 Å². The van der Waals surface area contributed by atoms with E-state index in [1.807, 2.05) is 6.07 Å². The molecule has 0 aliphatic heterocycles. The van der Waals surface area contributed by atoms with Gasteiger partial charge < -0.3 is 0 Å². The van der Waals surface area contributed by atoms with E-state index in [1.54, 1.807) is 6.92 Å². The highest BCUT2D eigenvalue weighted by atomic mass is 16.1. The summed E-state index contributed by atoms with van der Waals surface area (Å²) >= 11 is 0. The van der Waals surface area contributed by atoms with Gasteiger partial charge in [0.1, 0.15) is 0 Å². The standard InChI is InChI=1S/C32H30O/c1-3-29-27(21-28-20-26(22(2)33)17-18-30(28)29)15-14-25-16-19-31(23-10-6-4-7-11-23)32(25)24-12-8-5-9-13-24/h4-13,16-21,29,32H,3,14-15H2,1-2H3. The van der Waals surface area contributed by atoms with Gasteiger partial charge in [-0.25, -0.2) is 0 Å². The van der Waals surface area contributed by atoms with Crippen molar-refractivity contribution in [3.8, 4) is 0 Å². The molecule has 0 aromatic heterocycles. The predicted octanol–water partition coefficient (Wildman–Crippen LogP) is 8.37. The van der Waals surface area contributed by atoms with E-state index in [0.717, 1.165) is 24.8 Å². The van der Waals surface area contributed by atoms with Crippen LogP contribution in [0.3, 0.4) is 0 Å². The van der Waals surface area contributed by atoms with Gasteiger partial charge in [-0.15, -0.1) is 0 Å². The molecule has 1 nitrogen and oxygen atoms in total. The number of Topliss-reactive ketones (excluding diaryl/α,β-unsaturated/α-hetero) is 1. The molecule has 3 aromatic carbocycles. The van der Waals surface area contributed by atoms with Crippen molar-refractivity contribution < 1.29 is 4.79 Å². The highest BCUT2D eigenvalue weighted by Gasteiger charge is 2.28. The maximum absolute atomic E-state index is 11.9. The summed E-state index contributed by atoms with van der Waals surface area (Å²) in [6.07, 6.45) is 10.2. The average Bonchev–Trinajstić information content (AvgIpc) is 3.44. The molecule has 2 atom stereocenters. The Morgan fingerprint density at radius 3 is 2.21 bits per heavy atom. The Balaban J connectivity index is 1.39. The lowest BCUT2D eigenvalue weighted by molar-refractivity contribution is 0.101. The Morgan fingerprint density at radius 2 is 1.52 bits per heavy atom. The fourth-order valence-electron chi connectivity index (χ4n) is 5.50. The molecule has 0 N–H and O–H groups in total. The zero-order valence-electron chi connectivity index (χ0n) is 19.4. The van der Waals surface area contributed by atoms with Crippen molar-refractivity contribution in [2.45, 2.75) is 44.9 Å². The molecule has 2 aliphatic carbocycles. The molecular weight excluding hydrogens is 400 g/mol. The van der Waals surface area contributed by atoms with Crippen molar-refractivity contribution in [1.82, 2.24) is 0 Å². The molecule has 2 aliphatic rings. The maximum Gasteiger partial charge on any atom is 0.159 e. The fourth-order valence-corrected chi connectivity index (χ4v) is 5.50. The summed E-state index contributed by atoms with van der Waals surface area (Å²) in [5.74, 6) is 0.899. The van der Waals surface area contributed by atoms with Crippen LogP contribution in [0.1, 0.15) is 77.6 Å². The largest absolute Gasteiger partial charge is 0.295 e. The van der Waals surface area contributed by atoms with Gasteiger partial charge in [-0.3, -0.25) is 4.79 Å². The number of carbonyl (C=O) groups is 1. The van der Waals surface area contributed by atoms with Crippen LogP contribution >= 0.6 is 0 Å². The number of ketones is 1. The number of hydrogen-bond acceptors (Lipinski definition) is 1. The Hall–Kier alpha value is -3.45. The van der Waals surface area contributed by atoms with Crippen molar-refractivity contribution >= 4 is 17.4 Å². The summed E-state index contributed by atoms with van der Waals surface area (Å²) in [5.41, 5.74) is 10.4. The molecule has 0 saturated heterocycles. The lowest BCUT2D eigenvalue weighted by Crippen LogP contribution is -2.04. The lowest BCUT2D eigenvalue weighted by Gasteiger charge is -2.22. The van der Waals surface area contributed by atoms with Crippen molar-refractivity contribution in [2.75, 3.05) is 0 Å². The molecule has 2 unspecified atom stereocenters. The molecule has 3 aromatic rings. The zero-order chi connectivity index (χ0) is 22.8. The van der Waals surface area contributed by atoms with Crippen LogP contribution < -0.4 is 0 Å². The monoisotopic (exact) mass is 430 g/mol. The normalized spacial score (nSPS) is 19.0. The van der Waals surface area contributed by atoms with Gasteiger partial charge in [-0.05, 0) is 60.1 Å². The number of fused-ring (bicyclic) bond motifs is 1. The van der Waals surface area contributed by atoms with Gasteiger partial charge in [-0.1, -0.05) is 109 Å². The molecule has 0 spiro atoms. The minimum absolute atomic E-state index is 0.133. The Labute approximate surface area is 197 Å². The molecule has 0 bridgehead atoms. The van der Waals surface area contributed by atoms with Gasteiger partial charge in [0, 0.05) is 17.4 Å². The van der Waals surface area contributed by atoms with Crippen LogP contribution in [0.5, 0.6) is 0 Å². The Morgan fingerprint density at radius 1 is 0.818 bits per heavy atom. The molecule has 1 heteroatoms. The minimum atomic E-state index is 0.133. The van der Waals surface area contributed by atoms with Crippen molar-refractivity contribution in [3.05, 3.63) is 130 Å². The Kier molecular flexibility index (Phi) is 5.96. The number of rotatable bonds is 7. The van der Waals surface area contributed by atoms with E-state index in [9.17, 15) is 4.79 Å². The SMILES string of the molecule is CCC1C(CCC2=CC=C(c3ccccc3)C2c2ccccc2)=Cc2cc(C(C)=O)ccc21. The van der Waals surface area contributed by atoms with Crippen LogP contribution in [0.25, 0.3) is 11.6 Å². The minimum Gasteiger partial charge on any atom is -0.295 e. The quantitative estimate of drug-likeness (QED) is 0.344. The second-order valence-electron chi connectivity index (χ2n) is 9.15. The van der Waals surface area contributed by atoms with Gasteiger partial charge in [0.2, 0.25) is 0 Å². The molecule has 0 saturated carbocycles. The smallest absolute Gasteiger partial charge is 0.159 e. The van der Waals surface area contributed by atoms with Gasteiger partial charge in [-0.2, -0.15) is 0 Å². The zero-order valence-corrected chi connectivity index (χ0v) is 19.4. The number of carbonyl (C=O) groups excluding carboxylic acids is 1. The highest BCUT2D eigenvalue weighted by molar-refractivity contribution is 5.95. The van der Waals surface area contributed by atoms with E-state index >= 15 is 0 Å². The number of allylic oxidation sites excluding steroid dienone is 5. The molecule has 0 amide bonds. The van der Waals surface area contributed by atoms with E-state index < -0.39 is 0 Å². The summed E-state index contributed by atoms with van der Waals surface area (Å²) in [5, 5.41) is 0. The van der Waals surface area contributed by atoms with Crippen LogP contribution in [0.15, 0.2) is 102 Å². The summed E-state index contributed by atoms with van der Waals surface area (Å²) in [6, 6.07) is 27.9. The maximum atomic E-state index is 11.9. The van der Waals surface area contributed by atoms with E-state index in [2.05, 4.69) is 97.9 Å². The van der Waals surface area contributed by atoms with Gasteiger partial charge in [0.25, 0.3) is 0 Å². The summed E-state index contributed by atoms with van der Waals surface area (Å²) in [6.45, 7) is 3.91. The van der Waals surface area contributed by atoms with Crippen molar-refractivity contribution in [2.24, 2.45) is 0 Å². The second kappa shape index (κ2) is 9.19. The third kappa shape index (κ3) is 4.16. The van der Waals surface area contributed by atoms with E-state index in [4.69, 9.17) is 0 Å². The second-order valence-corrected chi connectivity index (χ2v) is 9.15. The first-order valence-electron chi connectivity index (χ1n) is 12.0. The average molecular weight is 431 g/mol. The lowest BCUT2D eigenvalue weighted by atomic mass is 9.82. The highest BCUT2D eigenvalue weighted by Crippen LogP contribution is 2.46. The molecule has 5 rings (SSSR count). The summed E-state index contributed by atoms with van der Waals surface area (Å²) in [4.78, 5) is 11.9. The molecule has 33 heavy (non-hydrogen) atoms. The van der Waals surface area contributed by atoms with Crippen molar-refractivity contribution in [3.63, 3.8) is 0 Å². The van der Waals surface area contributed by atoms with Crippen LogP contribution in [-0.2, 0) is 0 Å². The van der Waals surface area contributed by atoms with Crippen LogP contribution in [0.2, 0.25) is 0 Å². The Bertz CT molecular complexity index is 1260. The first-order valence-corrected chi connectivity index (χ1v) is 12.0. The van der Waals surface area contributed by atoms with Crippen LogP contribution in [0, 0.1) is 0 Å². The van der Waals surface area contributed by atoms with Crippen molar-refractivity contribution in [1.29, 1.82) is 0 Å². The molecule has 0 radical (unpaired) electrons. The third-order valence-electron chi connectivity index (χ3n) is 7.17. The first-order chi connectivity index (χ1) is 16.2.